The van der Waals surface area contributed by atoms with Gasteiger partial charge in [-0.3, -0.25) is 19.0 Å². The number of hydrazine groups is 1. The van der Waals surface area contributed by atoms with Crippen molar-refractivity contribution in [2.75, 3.05) is 19.8 Å². The Morgan fingerprint density at radius 2 is 1.96 bits per heavy atom. The molecule has 3 aliphatic rings. The molecule has 0 radical (unpaired) electrons. The van der Waals surface area contributed by atoms with Crippen molar-refractivity contribution in [2.45, 2.75) is 50.2 Å². The highest BCUT2D eigenvalue weighted by Gasteiger charge is 2.45. The van der Waals surface area contributed by atoms with Crippen LogP contribution in [0.15, 0.2) is 0 Å². The van der Waals surface area contributed by atoms with Gasteiger partial charge in [-0.1, -0.05) is 6.42 Å². The number of nitrogens with zero attached hydrogens (tertiary/aromatic N) is 3. The van der Waals surface area contributed by atoms with Crippen LogP contribution in [-0.4, -0.2) is 77.6 Å². The number of carbonyl (C=O) groups excluding carboxylic acids is 2. The molecular weight excluding hydrogens is 354 g/mol. The molecule has 3 fully saturated rings. The predicted molar refractivity (Wildman–Crippen MR) is 84.5 cm³/mol. The van der Waals surface area contributed by atoms with Gasteiger partial charge >= 0.3 is 10.4 Å². The number of hydrogen-bond donors (Lipinski definition) is 3. The van der Waals surface area contributed by atoms with Crippen molar-refractivity contribution in [1.29, 1.82) is 0 Å². The molecule has 11 nitrogen and oxygen atoms in total. The quantitative estimate of drug-likeness (QED) is 0.169. The first kappa shape index (κ1) is 18.6. The Morgan fingerprint density at radius 1 is 1.20 bits per heavy atom. The summed E-state index contributed by atoms with van der Waals surface area (Å²) in [6.45, 7) is 1.15. The van der Waals surface area contributed by atoms with Gasteiger partial charge < -0.3 is 5.32 Å². The van der Waals surface area contributed by atoms with Crippen LogP contribution in [-0.2, 0) is 24.3 Å². The van der Waals surface area contributed by atoms with Crippen molar-refractivity contribution >= 4 is 22.2 Å². The van der Waals surface area contributed by atoms with E-state index < -0.39 is 34.3 Å². The van der Waals surface area contributed by atoms with Gasteiger partial charge in [-0.25, -0.2) is 10.9 Å². The fourth-order valence-electron chi connectivity index (χ4n) is 3.69. The van der Waals surface area contributed by atoms with E-state index >= 15 is 0 Å². The molecular formula is C13H23N5O6S. The highest BCUT2D eigenvalue weighted by molar-refractivity contribution is 7.80. The highest BCUT2D eigenvalue weighted by Crippen LogP contribution is 2.29. The van der Waals surface area contributed by atoms with Gasteiger partial charge in [0.15, 0.2) is 0 Å². The topological polar surface area (TPSA) is 146 Å². The number of fused-ring (bicyclic) bond motifs is 2. The molecule has 3 heterocycles. The standard InChI is InChI=1S/C13H23N5O6S/c14-18(12(19)10-3-1-2-6-15-10)13(20)11-5-4-9-7-16(11)8-17(9)24-25(21,22)23/h9-11,15H,1-8,14H2,(H,21,22,23)/t9?,10-,11?/m0/s1. The fraction of sp³-hybridized carbons (Fsp3) is 0.846. The van der Waals surface area contributed by atoms with Crippen LogP contribution in [0, 0.1) is 0 Å². The van der Waals surface area contributed by atoms with Gasteiger partial charge in [0.25, 0.3) is 11.8 Å². The average molecular weight is 377 g/mol. The minimum atomic E-state index is -4.61. The summed E-state index contributed by atoms with van der Waals surface area (Å²) in [5.41, 5.74) is 0. The van der Waals surface area contributed by atoms with Crippen molar-refractivity contribution in [2.24, 2.45) is 5.84 Å². The van der Waals surface area contributed by atoms with Crippen LogP contribution in [0.25, 0.3) is 0 Å². The van der Waals surface area contributed by atoms with E-state index in [1.165, 1.54) is 0 Å². The third kappa shape index (κ3) is 4.16. The Bertz CT molecular complexity index is 637. The number of rotatable bonds is 4. The Labute approximate surface area is 145 Å². The van der Waals surface area contributed by atoms with Crippen LogP contribution < -0.4 is 11.2 Å². The third-order valence-electron chi connectivity index (χ3n) is 4.95. The second kappa shape index (κ2) is 7.23. The molecule has 3 unspecified atom stereocenters. The number of nitrogens with two attached hydrogens (primary N) is 1. The normalized spacial score (nSPS) is 33.2. The Hall–Kier alpha value is -1.15. The Kier molecular flexibility index (Phi) is 5.39. The predicted octanol–water partition coefficient (Wildman–Crippen LogP) is -1.80. The van der Waals surface area contributed by atoms with E-state index in [9.17, 15) is 18.0 Å². The molecule has 0 saturated carbocycles. The summed E-state index contributed by atoms with van der Waals surface area (Å²) >= 11 is 0. The van der Waals surface area contributed by atoms with Crippen LogP contribution in [0.3, 0.4) is 0 Å². The van der Waals surface area contributed by atoms with E-state index in [-0.39, 0.29) is 12.7 Å². The monoisotopic (exact) mass is 377 g/mol. The smallest absolute Gasteiger partial charge is 0.306 e. The summed E-state index contributed by atoms with van der Waals surface area (Å²) in [5, 5.41) is 4.88. The summed E-state index contributed by atoms with van der Waals surface area (Å²) in [5.74, 6) is 4.82. The molecule has 4 atom stereocenters. The zero-order valence-corrected chi connectivity index (χ0v) is 14.5. The molecule has 142 valence electrons. The number of carbonyl (C=O) groups is 2. The van der Waals surface area contributed by atoms with E-state index in [1.54, 1.807) is 4.90 Å². The lowest BCUT2D eigenvalue weighted by molar-refractivity contribution is -0.150. The maximum atomic E-state index is 12.6. The van der Waals surface area contributed by atoms with Gasteiger partial charge in [-0.2, -0.15) is 17.8 Å². The maximum Gasteiger partial charge on any atom is 0.413 e. The first-order valence-corrected chi connectivity index (χ1v) is 9.66. The molecule has 12 heteroatoms. The van der Waals surface area contributed by atoms with Crippen LogP contribution in [0.1, 0.15) is 32.1 Å². The van der Waals surface area contributed by atoms with Crippen molar-refractivity contribution < 1.29 is 26.8 Å². The summed E-state index contributed by atoms with van der Waals surface area (Å²) < 4.78 is 35.1. The van der Waals surface area contributed by atoms with E-state index in [2.05, 4.69) is 9.60 Å². The number of piperidine rings is 2. The molecule has 2 bridgehead atoms. The van der Waals surface area contributed by atoms with Crippen molar-refractivity contribution in [3.8, 4) is 0 Å². The number of nitrogens with one attached hydrogen (secondary N) is 1. The molecule has 0 aromatic carbocycles. The molecule has 0 aliphatic carbocycles. The van der Waals surface area contributed by atoms with Gasteiger partial charge in [-0.15, -0.1) is 0 Å². The van der Waals surface area contributed by atoms with E-state index in [4.69, 9.17) is 10.4 Å². The summed E-state index contributed by atoms with van der Waals surface area (Å²) in [6.07, 6.45) is 3.46. The lowest BCUT2D eigenvalue weighted by atomic mass is 9.99. The second-order valence-corrected chi connectivity index (χ2v) is 7.63. The zero-order valence-electron chi connectivity index (χ0n) is 13.7. The van der Waals surface area contributed by atoms with Gasteiger partial charge in [0, 0.05) is 6.54 Å². The number of hydroxylamine groups is 2. The largest absolute Gasteiger partial charge is 0.413 e. The lowest BCUT2D eigenvalue weighted by Crippen LogP contribution is -2.59. The molecule has 0 aromatic rings. The maximum absolute atomic E-state index is 12.6. The van der Waals surface area contributed by atoms with Crippen LogP contribution >= 0.6 is 0 Å². The van der Waals surface area contributed by atoms with Crippen LogP contribution in [0.5, 0.6) is 0 Å². The lowest BCUT2D eigenvalue weighted by Gasteiger charge is -2.33. The van der Waals surface area contributed by atoms with Crippen LogP contribution in [0.2, 0.25) is 0 Å². The van der Waals surface area contributed by atoms with E-state index in [1.807, 2.05) is 0 Å². The van der Waals surface area contributed by atoms with Crippen molar-refractivity contribution in [1.82, 2.24) is 20.3 Å². The van der Waals surface area contributed by atoms with Gasteiger partial charge in [0.1, 0.15) is 0 Å². The Balaban J connectivity index is 1.62. The fourth-order valence-corrected chi connectivity index (χ4v) is 4.10. The minimum absolute atomic E-state index is 0.0323. The SMILES string of the molecule is NN(C(=O)C1CCC2CN1CN2OS(=O)(=O)O)C(=O)[C@@H]1CCCCN1. The number of hydrogen-bond acceptors (Lipinski definition) is 9. The number of imide groups is 1. The van der Waals surface area contributed by atoms with Crippen molar-refractivity contribution in [3.05, 3.63) is 0 Å². The molecule has 25 heavy (non-hydrogen) atoms. The van der Waals surface area contributed by atoms with E-state index in [0.717, 1.165) is 24.4 Å². The Morgan fingerprint density at radius 3 is 2.60 bits per heavy atom. The highest BCUT2D eigenvalue weighted by atomic mass is 32.3. The van der Waals surface area contributed by atoms with Crippen LogP contribution in [0.4, 0.5) is 0 Å². The second-order valence-electron chi connectivity index (χ2n) is 6.63. The molecule has 3 aliphatic heterocycles. The first-order valence-electron chi connectivity index (χ1n) is 8.30. The van der Waals surface area contributed by atoms with Gasteiger partial charge in [0.2, 0.25) is 0 Å². The van der Waals surface area contributed by atoms with Crippen molar-refractivity contribution in [3.63, 3.8) is 0 Å². The summed E-state index contributed by atoms with van der Waals surface area (Å²) in [4.78, 5) is 26.7. The average Bonchev–Trinajstić information content (AvgIpc) is 2.88. The summed E-state index contributed by atoms with van der Waals surface area (Å²) in [6, 6.07) is -1.31. The molecule has 2 amide bonds. The molecule has 0 aromatic heterocycles. The number of amides is 2. The molecule has 0 spiro atoms. The molecule has 3 rings (SSSR count). The first-order chi connectivity index (χ1) is 11.8. The minimum Gasteiger partial charge on any atom is -0.306 e. The molecule has 3 saturated heterocycles. The third-order valence-corrected chi connectivity index (χ3v) is 5.33. The summed E-state index contributed by atoms with van der Waals surface area (Å²) in [7, 11) is -4.61. The molecule has 4 N–H and O–H groups in total. The van der Waals surface area contributed by atoms with Gasteiger partial charge in [-0.05, 0) is 32.2 Å². The zero-order chi connectivity index (χ0) is 18.2. The van der Waals surface area contributed by atoms with E-state index in [0.29, 0.717) is 30.8 Å². The van der Waals surface area contributed by atoms with Gasteiger partial charge in [0.05, 0.1) is 24.8 Å².